The van der Waals surface area contributed by atoms with Crippen molar-refractivity contribution in [3.63, 3.8) is 0 Å². The average Bonchev–Trinajstić information content (AvgIpc) is 3.00. The number of halogens is 3. The molecular formula is C21H19F3N4O4. The molecule has 32 heavy (non-hydrogen) atoms. The van der Waals surface area contributed by atoms with E-state index in [9.17, 15) is 22.8 Å². The molecule has 0 radical (unpaired) electrons. The van der Waals surface area contributed by atoms with Gasteiger partial charge in [-0.15, -0.1) is 0 Å². The lowest BCUT2D eigenvalue weighted by atomic mass is 10.1. The third-order valence-corrected chi connectivity index (χ3v) is 4.58. The fourth-order valence-electron chi connectivity index (χ4n) is 2.99. The highest BCUT2D eigenvalue weighted by Gasteiger charge is 2.31. The second-order valence-electron chi connectivity index (χ2n) is 6.90. The number of aromatic nitrogens is 2. The van der Waals surface area contributed by atoms with E-state index in [-0.39, 0.29) is 28.5 Å². The molecule has 0 aliphatic rings. The minimum absolute atomic E-state index is 0.00233. The van der Waals surface area contributed by atoms with Crippen LogP contribution in [-0.2, 0) is 13.2 Å². The number of aromatic carboxylic acids is 1. The molecule has 1 amide bonds. The van der Waals surface area contributed by atoms with Crippen LogP contribution in [0.15, 0.2) is 48.5 Å². The summed E-state index contributed by atoms with van der Waals surface area (Å²) in [5, 5.41) is 15.6. The van der Waals surface area contributed by atoms with Crippen LogP contribution in [0.3, 0.4) is 0 Å². The van der Waals surface area contributed by atoms with E-state index in [2.05, 4.69) is 10.4 Å². The number of benzene rings is 2. The normalized spacial score (nSPS) is 12.3. The van der Waals surface area contributed by atoms with E-state index in [1.807, 2.05) is 0 Å². The number of carbonyl (C=O) groups excluding carboxylic acids is 1. The van der Waals surface area contributed by atoms with Gasteiger partial charge in [-0.1, -0.05) is 18.2 Å². The van der Waals surface area contributed by atoms with E-state index in [0.29, 0.717) is 5.56 Å². The second-order valence-corrected chi connectivity index (χ2v) is 6.90. The van der Waals surface area contributed by atoms with E-state index in [1.54, 1.807) is 6.92 Å². The summed E-state index contributed by atoms with van der Waals surface area (Å²) in [6.07, 6.45) is -5.53. The van der Waals surface area contributed by atoms with Crippen LogP contribution in [0, 0.1) is 6.92 Å². The Morgan fingerprint density at radius 3 is 2.44 bits per heavy atom. The Hall–Kier alpha value is -3.86. The molecule has 0 fully saturated rings. The van der Waals surface area contributed by atoms with Gasteiger partial charge >= 0.3 is 12.1 Å². The third kappa shape index (κ3) is 4.89. The van der Waals surface area contributed by atoms with E-state index in [1.165, 1.54) is 48.1 Å². The summed E-state index contributed by atoms with van der Waals surface area (Å²) >= 11 is 0. The van der Waals surface area contributed by atoms with Crippen LogP contribution in [0.2, 0.25) is 0 Å². The van der Waals surface area contributed by atoms with Gasteiger partial charge in [-0.25, -0.2) is 9.48 Å². The molecule has 1 atom stereocenters. The quantitative estimate of drug-likeness (QED) is 0.496. The lowest BCUT2D eigenvalue weighted by Crippen LogP contribution is -2.34. The van der Waals surface area contributed by atoms with Crippen LogP contribution in [-0.4, -0.2) is 26.8 Å². The van der Waals surface area contributed by atoms with Gasteiger partial charge in [0.2, 0.25) is 5.88 Å². The number of amides is 1. The molecular weight excluding hydrogens is 429 g/mol. The molecule has 0 saturated carbocycles. The lowest BCUT2D eigenvalue weighted by Gasteiger charge is -2.16. The van der Waals surface area contributed by atoms with Crippen LogP contribution < -0.4 is 15.8 Å². The standard InChI is InChI=1S/C21H19F3N4O4/c1-11-16(18(29)26-17(25)12-6-8-13(9-7-12)20(30)31)19(28(2)27-11)32-15-5-3-4-14(10-15)21(22,23)24/h3-10,17H,25H2,1-2H3,(H,26,29)(H,30,31)/t17-/m1/s1. The first-order valence-corrected chi connectivity index (χ1v) is 9.25. The molecule has 3 rings (SSSR count). The summed E-state index contributed by atoms with van der Waals surface area (Å²) < 4.78 is 45.8. The van der Waals surface area contributed by atoms with Gasteiger partial charge in [0.15, 0.2) is 0 Å². The van der Waals surface area contributed by atoms with Gasteiger partial charge in [0.1, 0.15) is 17.5 Å². The SMILES string of the molecule is Cc1nn(C)c(Oc2cccc(C(F)(F)F)c2)c1C(=O)N[C@@H](N)c1ccc(C(=O)O)cc1. The Morgan fingerprint density at radius 2 is 1.84 bits per heavy atom. The van der Waals surface area contributed by atoms with Crippen molar-refractivity contribution in [2.45, 2.75) is 19.3 Å². The van der Waals surface area contributed by atoms with Gasteiger partial charge in [0.05, 0.1) is 16.8 Å². The predicted octanol–water partition coefficient (Wildman–Crippen LogP) is 3.63. The van der Waals surface area contributed by atoms with Crippen molar-refractivity contribution in [3.05, 3.63) is 76.5 Å². The molecule has 3 aromatic rings. The minimum Gasteiger partial charge on any atom is -0.478 e. The van der Waals surface area contributed by atoms with E-state index in [0.717, 1.165) is 12.1 Å². The molecule has 0 spiro atoms. The highest BCUT2D eigenvalue weighted by Crippen LogP contribution is 2.34. The number of hydrogen-bond acceptors (Lipinski definition) is 5. The predicted molar refractivity (Wildman–Crippen MR) is 107 cm³/mol. The summed E-state index contributed by atoms with van der Waals surface area (Å²) in [6.45, 7) is 1.54. The van der Waals surface area contributed by atoms with Crippen LogP contribution >= 0.6 is 0 Å². The first-order valence-electron chi connectivity index (χ1n) is 9.25. The van der Waals surface area contributed by atoms with Gasteiger partial charge in [-0.05, 0) is 42.8 Å². The number of nitrogens with one attached hydrogen (secondary N) is 1. The molecule has 4 N–H and O–H groups in total. The number of ether oxygens (including phenoxy) is 1. The smallest absolute Gasteiger partial charge is 0.416 e. The maximum absolute atomic E-state index is 13.0. The highest BCUT2D eigenvalue weighted by molar-refractivity contribution is 5.98. The number of aryl methyl sites for hydroxylation is 2. The molecule has 1 aromatic heterocycles. The van der Waals surface area contributed by atoms with Gasteiger partial charge in [-0.3, -0.25) is 4.79 Å². The first kappa shape index (κ1) is 22.8. The summed E-state index contributed by atoms with van der Waals surface area (Å²) in [5.41, 5.74) is 5.91. The highest BCUT2D eigenvalue weighted by atomic mass is 19.4. The Morgan fingerprint density at radius 1 is 1.19 bits per heavy atom. The van der Waals surface area contributed by atoms with Crippen molar-refractivity contribution in [1.82, 2.24) is 15.1 Å². The van der Waals surface area contributed by atoms with E-state index in [4.69, 9.17) is 15.6 Å². The Bertz CT molecular complexity index is 1160. The molecule has 0 unspecified atom stereocenters. The summed E-state index contributed by atoms with van der Waals surface area (Å²) in [6, 6.07) is 9.87. The number of alkyl halides is 3. The fraction of sp³-hybridized carbons (Fsp3) is 0.190. The molecule has 0 bridgehead atoms. The zero-order valence-corrected chi connectivity index (χ0v) is 17.0. The molecule has 1 heterocycles. The van der Waals surface area contributed by atoms with Crippen molar-refractivity contribution in [2.75, 3.05) is 0 Å². The number of nitrogens with zero attached hydrogens (tertiary/aromatic N) is 2. The van der Waals surface area contributed by atoms with Gasteiger partial charge in [0.25, 0.3) is 5.91 Å². The average molecular weight is 448 g/mol. The zero-order chi connectivity index (χ0) is 23.6. The number of carbonyl (C=O) groups is 2. The molecule has 11 heteroatoms. The molecule has 0 aliphatic carbocycles. The van der Waals surface area contributed by atoms with Crippen molar-refractivity contribution in [3.8, 4) is 11.6 Å². The second kappa shape index (κ2) is 8.71. The number of hydrogen-bond donors (Lipinski definition) is 3. The molecule has 8 nitrogen and oxygen atoms in total. The summed E-state index contributed by atoms with van der Waals surface area (Å²) in [4.78, 5) is 23.8. The number of nitrogens with two attached hydrogens (primary N) is 1. The first-order chi connectivity index (χ1) is 15.0. The van der Waals surface area contributed by atoms with Gasteiger partial charge in [0, 0.05) is 7.05 Å². The van der Waals surface area contributed by atoms with Crippen molar-refractivity contribution in [1.29, 1.82) is 0 Å². The van der Waals surface area contributed by atoms with Crippen LogP contribution in [0.4, 0.5) is 13.2 Å². The van der Waals surface area contributed by atoms with Gasteiger partial charge < -0.3 is 20.9 Å². The van der Waals surface area contributed by atoms with Crippen molar-refractivity contribution >= 4 is 11.9 Å². The van der Waals surface area contributed by atoms with Crippen molar-refractivity contribution < 1.29 is 32.6 Å². The van der Waals surface area contributed by atoms with E-state index < -0.39 is 29.8 Å². The number of carboxylic acid groups (broad SMARTS) is 1. The largest absolute Gasteiger partial charge is 0.478 e. The maximum Gasteiger partial charge on any atom is 0.416 e. The third-order valence-electron chi connectivity index (χ3n) is 4.58. The Labute approximate surface area is 180 Å². The topological polar surface area (TPSA) is 119 Å². The van der Waals surface area contributed by atoms with E-state index >= 15 is 0 Å². The van der Waals surface area contributed by atoms with Gasteiger partial charge in [-0.2, -0.15) is 18.3 Å². The lowest BCUT2D eigenvalue weighted by molar-refractivity contribution is -0.137. The molecule has 168 valence electrons. The molecule has 0 aliphatic heterocycles. The zero-order valence-electron chi connectivity index (χ0n) is 17.0. The summed E-state index contributed by atoms with van der Waals surface area (Å²) in [5.74, 6) is -1.94. The molecule has 2 aromatic carbocycles. The molecule has 0 saturated heterocycles. The Balaban J connectivity index is 1.84. The number of carboxylic acids is 1. The fourth-order valence-corrected chi connectivity index (χ4v) is 2.99. The van der Waals surface area contributed by atoms with Crippen LogP contribution in [0.5, 0.6) is 11.6 Å². The number of rotatable bonds is 6. The monoisotopic (exact) mass is 448 g/mol. The Kier molecular flexibility index (Phi) is 6.21. The maximum atomic E-state index is 13.0. The van der Waals surface area contributed by atoms with Crippen molar-refractivity contribution in [2.24, 2.45) is 12.8 Å². The van der Waals surface area contributed by atoms with Crippen LogP contribution in [0.25, 0.3) is 0 Å². The minimum atomic E-state index is -4.55. The van der Waals surface area contributed by atoms with Crippen LogP contribution in [0.1, 0.15) is 43.7 Å². The summed E-state index contributed by atoms with van der Waals surface area (Å²) in [7, 11) is 1.48.